The van der Waals surface area contributed by atoms with Crippen molar-refractivity contribution in [3.63, 3.8) is 0 Å². The van der Waals surface area contributed by atoms with E-state index in [1.54, 1.807) is 0 Å². The van der Waals surface area contributed by atoms with Crippen LogP contribution in [0.25, 0.3) is 6.08 Å². The van der Waals surface area contributed by atoms with Crippen molar-refractivity contribution in [2.45, 2.75) is 78.6 Å². The van der Waals surface area contributed by atoms with Crippen molar-refractivity contribution in [1.29, 1.82) is 0 Å². The maximum absolute atomic E-state index is 13.4. The quantitative estimate of drug-likeness (QED) is 0.525. The molecule has 0 bridgehead atoms. The van der Waals surface area contributed by atoms with E-state index in [0.29, 0.717) is 17.1 Å². The van der Waals surface area contributed by atoms with Gasteiger partial charge in [-0.25, -0.2) is 0 Å². The van der Waals surface area contributed by atoms with Crippen LogP contribution in [0.15, 0.2) is 22.1 Å². The van der Waals surface area contributed by atoms with Gasteiger partial charge in [0.15, 0.2) is 5.78 Å². The van der Waals surface area contributed by atoms with Crippen LogP contribution in [-0.4, -0.2) is 5.78 Å². The molecule has 0 radical (unpaired) electrons. The average molecular weight is 367 g/mol. The number of carbonyl (C=O) groups is 1. The molecule has 2 heteroatoms. The minimum absolute atomic E-state index is 0.132. The Labute approximate surface area is 163 Å². The molecule has 27 heavy (non-hydrogen) atoms. The first-order valence-corrected chi connectivity index (χ1v) is 11.2. The third-order valence-corrected chi connectivity index (χ3v) is 9.30. The summed E-state index contributed by atoms with van der Waals surface area (Å²) in [6, 6.07) is 3.98. The normalized spacial score (nSPS) is 45.4. The molecule has 0 N–H and O–H groups in total. The van der Waals surface area contributed by atoms with Crippen LogP contribution in [0.1, 0.15) is 83.2 Å². The molecule has 4 saturated carbocycles. The minimum Gasteiger partial charge on any atom is -0.462 e. The molecule has 0 unspecified atom stereocenters. The van der Waals surface area contributed by atoms with E-state index in [2.05, 4.69) is 13.8 Å². The van der Waals surface area contributed by atoms with E-state index in [1.165, 1.54) is 44.9 Å². The maximum Gasteiger partial charge on any atom is 0.165 e. The van der Waals surface area contributed by atoms with Crippen molar-refractivity contribution in [2.24, 2.45) is 34.5 Å². The lowest BCUT2D eigenvalue weighted by Gasteiger charge is -2.59. The van der Waals surface area contributed by atoms with Gasteiger partial charge in [0.05, 0.1) is 0 Å². The Morgan fingerprint density at radius 2 is 1.89 bits per heavy atom. The number of aryl methyl sites for hydroxylation is 1. The fourth-order valence-electron chi connectivity index (χ4n) is 7.80. The summed E-state index contributed by atoms with van der Waals surface area (Å²) in [4.78, 5) is 13.4. The number of carbonyl (C=O) groups excluding carboxylic acids is 1. The van der Waals surface area contributed by atoms with Gasteiger partial charge >= 0.3 is 0 Å². The number of hydrogen-bond acceptors (Lipinski definition) is 2. The molecule has 6 atom stereocenters. The Balaban J connectivity index is 1.46. The number of furan rings is 1. The monoisotopic (exact) mass is 366 g/mol. The molecule has 4 fully saturated rings. The zero-order valence-corrected chi connectivity index (χ0v) is 17.2. The van der Waals surface area contributed by atoms with Gasteiger partial charge in [-0.15, -0.1) is 0 Å². The highest BCUT2D eigenvalue weighted by Gasteiger charge is 2.60. The molecule has 1 aromatic heterocycles. The number of fused-ring (bicyclic) bond motifs is 5. The van der Waals surface area contributed by atoms with E-state index >= 15 is 0 Å². The molecule has 0 aromatic carbocycles. The number of hydrogen-bond donors (Lipinski definition) is 0. The summed E-state index contributed by atoms with van der Waals surface area (Å²) in [7, 11) is 0. The molecule has 0 amide bonds. The molecule has 0 aliphatic heterocycles. The third kappa shape index (κ3) is 2.54. The van der Waals surface area contributed by atoms with Gasteiger partial charge < -0.3 is 4.42 Å². The largest absolute Gasteiger partial charge is 0.462 e. The average Bonchev–Trinajstić information content (AvgIpc) is 3.16. The Kier molecular flexibility index (Phi) is 4.01. The highest BCUT2D eigenvalue weighted by atomic mass is 16.3. The Morgan fingerprint density at radius 1 is 1.04 bits per heavy atom. The molecule has 0 saturated heterocycles. The molecule has 0 spiro atoms. The number of ketones is 1. The Morgan fingerprint density at radius 3 is 2.67 bits per heavy atom. The summed E-state index contributed by atoms with van der Waals surface area (Å²) in [6.07, 6.45) is 13.8. The van der Waals surface area contributed by atoms with Crippen LogP contribution in [0.2, 0.25) is 0 Å². The van der Waals surface area contributed by atoms with Crippen molar-refractivity contribution in [3.05, 3.63) is 29.2 Å². The maximum atomic E-state index is 13.4. The van der Waals surface area contributed by atoms with Gasteiger partial charge in [-0.1, -0.05) is 26.7 Å². The summed E-state index contributed by atoms with van der Waals surface area (Å²) >= 11 is 0. The zero-order valence-electron chi connectivity index (χ0n) is 17.2. The highest BCUT2D eigenvalue weighted by molar-refractivity contribution is 6.05. The number of Topliss-reactive ketones (excluding diaryl/α,β-unsaturated/α-hetero) is 1. The lowest BCUT2D eigenvalue weighted by atomic mass is 9.45. The summed E-state index contributed by atoms with van der Waals surface area (Å²) in [6.45, 7) is 6.85. The zero-order chi connectivity index (χ0) is 18.8. The van der Waals surface area contributed by atoms with E-state index in [9.17, 15) is 4.79 Å². The lowest BCUT2D eigenvalue weighted by Crippen LogP contribution is -2.52. The second-order valence-corrected chi connectivity index (χ2v) is 10.5. The predicted octanol–water partition coefficient (Wildman–Crippen LogP) is 6.58. The SMILES string of the molecule is Cc1ccc(/C=C2\C[C@@H]3[C@H]4CC[C@@H]5CCCC[C@]5(C)[C@@H]4CC[C@@]3(C)C2=O)o1. The molecule has 4 aliphatic rings. The van der Waals surface area contributed by atoms with Crippen molar-refractivity contribution in [1.82, 2.24) is 0 Å². The topological polar surface area (TPSA) is 30.2 Å². The first-order chi connectivity index (χ1) is 12.9. The van der Waals surface area contributed by atoms with Gasteiger partial charge in [0.1, 0.15) is 11.5 Å². The van der Waals surface area contributed by atoms with Crippen LogP contribution in [0.5, 0.6) is 0 Å². The smallest absolute Gasteiger partial charge is 0.165 e. The Hall–Kier alpha value is -1.31. The van der Waals surface area contributed by atoms with Crippen molar-refractivity contribution in [2.75, 3.05) is 0 Å². The fourth-order valence-corrected chi connectivity index (χ4v) is 7.80. The van der Waals surface area contributed by atoms with E-state index in [-0.39, 0.29) is 5.41 Å². The van der Waals surface area contributed by atoms with E-state index in [4.69, 9.17) is 4.42 Å². The molecule has 5 rings (SSSR count). The second-order valence-electron chi connectivity index (χ2n) is 10.5. The van der Waals surface area contributed by atoms with Gasteiger partial charge in [-0.2, -0.15) is 0 Å². The van der Waals surface area contributed by atoms with Crippen LogP contribution in [-0.2, 0) is 4.79 Å². The predicted molar refractivity (Wildman–Crippen MR) is 108 cm³/mol. The molecular formula is C25H34O2. The van der Waals surface area contributed by atoms with Crippen molar-refractivity contribution < 1.29 is 9.21 Å². The van der Waals surface area contributed by atoms with Crippen LogP contribution < -0.4 is 0 Å². The van der Waals surface area contributed by atoms with Crippen molar-refractivity contribution in [3.8, 4) is 0 Å². The number of allylic oxidation sites excluding steroid dienone is 1. The molecular weight excluding hydrogens is 332 g/mol. The minimum atomic E-state index is -0.132. The molecule has 146 valence electrons. The summed E-state index contributed by atoms with van der Waals surface area (Å²) < 4.78 is 5.74. The van der Waals surface area contributed by atoms with Gasteiger partial charge in [0.2, 0.25) is 0 Å². The second kappa shape index (κ2) is 6.09. The number of rotatable bonds is 1. The molecule has 1 heterocycles. The third-order valence-electron chi connectivity index (χ3n) is 9.30. The van der Waals surface area contributed by atoms with Gasteiger partial charge in [0.25, 0.3) is 0 Å². The van der Waals surface area contributed by atoms with Gasteiger partial charge in [-0.05, 0) is 105 Å². The van der Waals surface area contributed by atoms with Gasteiger partial charge in [0, 0.05) is 5.41 Å². The van der Waals surface area contributed by atoms with Crippen LogP contribution in [0.4, 0.5) is 0 Å². The summed E-state index contributed by atoms with van der Waals surface area (Å²) in [5.74, 6) is 5.25. The van der Waals surface area contributed by atoms with E-state index in [0.717, 1.165) is 47.7 Å². The first-order valence-electron chi connectivity index (χ1n) is 11.2. The van der Waals surface area contributed by atoms with Crippen molar-refractivity contribution >= 4 is 11.9 Å². The van der Waals surface area contributed by atoms with Crippen LogP contribution in [0, 0.1) is 41.4 Å². The van der Waals surface area contributed by atoms with Crippen LogP contribution >= 0.6 is 0 Å². The van der Waals surface area contributed by atoms with Crippen LogP contribution in [0.3, 0.4) is 0 Å². The Bertz CT molecular complexity index is 786. The summed E-state index contributed by atoms with van der Waals surface area (Å²) in [5, 5.41) is 0. The molecule has 2 nitrogen and oxygen atoms in total. The van der Waals surface area contributed by atoms with E-state index in [1.807, 2.05) is 25.1 Å². The lowest BCUT2D eigenvalue weighted by molar-refractivity contribution is -0.137. The first kappa shape index (κ1) is 17.8. The standard InChI is InChI=1S/C25H34O2/c1-16-7-9-19(27-16)14-17-15-22-20-10-8-18-6-4-5-12-24(18,2)21(20)11-13-25(22,3)23(17)26/h7,9,14,18,20-22H,4-6,8,10-13,15H2,1-3H3/b17-14+/t18-,20-,21+,22+,24-,25+/m0/s1. The van der Waals surface area contributed by atoms with Gasteiger partial charge in [-0.3, -0.25) is 4.79 Å². The molecule has 4 aliphatic carbocycles. The summed E-state index contributed by atoms with van der Waals surface area (Å²) in [5.41, 5.74) is 1.43. The highest BCUT2D eigenvalue weighted by Crippen LogP contribution is 2.66. The molecule has 1 aromatic rings. The van der Waals surface area contributed by atoms with E-state index < -0.39 is 0 Å². The fraction of sp³-hybridized carbons (Fsp3) is 0.720.